The number of halogens is 1. The second kappa shape index (κ2) is 8.84. The molecule has 2 aromatic rings. The van der Waals surface area contributed by atoms with Gasteiger partial charge in [-0.25, -0.2) is 8.42 Å². The van der Waals surface area contributed by atoms with Gasteiger partial charge in [0.1, 0.15) is 11.8 Å². The van der Waals surface area contributed by atoms with E-state index < -0.39 is 22.0 Å². The number of hydrogen-bond donors (Lipinski definition) is 1. The highest BCUT2D eigenvalue weighted by atomic mass is 35.5. The lowest BCUT2D eigenvalue weighted by molar-refractivity contribution is -0.117. The summed E-state index contributed by atoms with van der Waals surface area (Å²) in [6, 6.07) is 9.25. The first kappa shape index (κ1) is 22.0. The van der Waals surface area contributed by atoms with Crippen molar-refractivity contribution < 1.29 is 17.9 Å². The van der Waals surface area contributed by atoms with Crippen molar-refractivity contribution in [3.63, 3.8) is 0 Å². The molecule has 8 heteroatoms. The summed E-state index contributed by atoms with van der Waals surface area (Å²) >= 11 is 6.17. The third-order valence-electron chi connectivity index (χ3n) is 4.49. The molecule has 0 unspecified atom stereocenters. The maximum absolute atomic E-state index is 12.9. The molecule has 2 aromatic carbocycles. The number of carbonyl (C=O) groups is 1. The van der Waals surface area contributed by atoms with Crippen LogP contribution in [0.5, 0.6) is 5.75 Å². The van der Waals surface area contributed by atoms with Gasteiger partial charge in [-0.2, -0.15) is 0 Å². The number of sulfonamides is 1. The first-order valence-electron chi connectivity index (χ1n) is 8.79. The molecule has 1 atom stereocenters. The summed E-state index contributed by atoms with van der Waals surface area (Å²) in [7, 11) is -2.27. The summed E-state index contributed by atoms with van der Waals surface area (Å²) in [4.78, 5) is 12.9. The molecule has 0 saturated carbocycles. The van der Waals surface area contributed by atoms with Crippen molar-refractivity contribution in [1.29, 1.82) is 0 Å². The summed E-state index contributed by atoms with van der Waals surface area (Å²) in [5.74, 6) is 0.00890. The fourth-order valence-corrected chi connectivity index (χ4v) is 4.35. The monoisotopic (exact) mass is 424 g/mol. The molecular weight excluding hydrogens is 400 g/mol. The van der Waals surface area contributed by atoms with E-state index in [2.05, 4.69) is 5.32 Å². The van der Waals surface area contributed by atoms with Gasteiger partial charge in [-0.3, -0.25) is 9.10 Å². The van der Waals surface area contributed by atoms with E-state index in [-0.39, 0.29) is 11.4 Å². The number of methoxy groups -OCH3 is 1. The fraction of sp³-hybridized carbons (Fsp3) is 0.350. The van der Waals surface area contributed by atoms with Crippen molar-refractivity contribution in [3.05, 3.63) is 52.5 Å². The Hall–Kier alpha value is -2.25. The van der Waals surface area contributed by atoms with Crippen LogP contribution in [-0.2, 0) is 14.8 Å². The van der Waals surface area contributed by atoms with Gasteiger partial charge in [0.25, 0.3) is 0 Å². The smallest absolute Gasteiger partial charge is 0.248 e. The summed E-state index contributed by atoms with van der Waals surface area (Å²) in [5, 5.41) is 3.08. The molecule has 0 fully saturated rings. The van der Waals surface area contributed by atoms with E-state index in [0.29, 0.717) is 17.1 Å². The van der Waals surface area contributed by atoms with Gasteiger partial charge in [-0.1, -0.05) is 24.6 Å². The minimum atomic E-state index is -3.74. The quantitative estimate of drug-likeness (QED) is 0.724. The highest BCUT2D eigenvalue weighted by molar-refractivity contribution is 7.92. The number of nitrogens with zero attached hydrogens (tertiary/aromatic N) is 1. The first-order chi connectivity index (χ1) is 13.1. The number of ether oxygens (including phenoxy) is 1. The number of anilines is 2. The van der Waals surface area contributed by atoms with Crippen LogP contribution in [0.25, 0.3) is 0 Å². The van der Waals surface area contributed by atoms with Crippen LogP contribution < -0.4 is 14.4 Å². The summed E-state index contributed by atoms with van der Waals surface area (Å²) in [6.45, 7) is 5.69. The van der Waals surface area contributed by atoms with Crippen LogP contribution in [0.3, 0.4) is 0 Å². The second-order valence-electron chi connectivity index (χ2n) is 6.59. The third kappa shape index (κ3) is 4.97. The molecule has 0 aliphatic carbocycles. The van der Waals surface area contributed by atoms with Gasteiger partial charge in [-0.15, -0.1) is 0 Å². The molecule has 0 heterocycles. The van der Waals surface area contributed by atoms with Crippen molar-refractivity contribution in [2.24, 2.45) is 0 Å². The van der Waals surface area contributed by atoms with Crippen LogP contribution in [0.15, 0.2) is 36.4 Å². The lowest BCUT2D eigenvalue weighted by Gasteiger charge is -2.30. The lowest BCUT2D eigenvalue weighted by atomic mass is 10.1. The van der Waals surface area contributed by atoms with Gasteiger partial charge in [-0.05, 0) is 61.7 Å². The maximum Gasteiger partial charge on any atom is 0.248 e. The molecule has 28 heavy (non-hydrogen) atoms. The standard InChI is InChI=1S/C20H25ClN2O4S/c1-6-18(20(24)22-15-8-7-13(2)14(3)11-15)23(28(5,25)26)16-9-10-19(27-4)17(21)12-16/h7-12,18H,6H2,1-5H3,(H,22,24)/t18-/m0/s1. The van der Waals surface area contributed by atoms with Gasteiger partial charge < -0.3 is 10.1 Å². The molecule has 0 bridgehead atoms. The topological polar surface area (TPSA) is 75.7 Å². The van der Waals surface area contributed by atoms with E-state index in [1.807, 2.05) is 26.0 Å². The average Bonchev–Trinajstić information content (AvgIpc) is 2.61. The minimum absolute atomic E-state index is 0.262. The Morgan fingerprint density at radius 3 is 2.36 bits per heavy atom. The van der Waals surface area contributed by atoms with E-state index in [0.717, 1.165) is 21.7 Å². The summed E-state index contributed by atoms with van der Waals surface area (Å²) in [6.07, 6.45) is 1.35. The lowest BCUT2D eigenvalue weighted by Crippen LogP contribution is -2.47. The Balaban J connectivity index is 2.41. The molecule has 152 valence electrons. The Morgan fingerprint density at radius 2 is 1.86 bits per heavy atom. The van der Waals surface area contributed by atoms with E-state index in [1.165, 1.54) is 13.2 Å². The number of carbonyl (C=O) groups excluding carboxylic acids is 1. The molecule has 0 radical (unpaired) electrons. The summed E-state index contributed by atoms with van der Waals surface area (Å²) < 4.78 is 31.3. The van der Waals surface area contributed by atoms with Crippen molar-refractivity contribution in [1.82, 2.24) is 0 Å². The van der Waals surface area contributed by atoms with Crippen LogP contribution in [0.4, 0.5) is 11.4 Å². The molecule has 0 spiro atoms. The second-order valence-corrected chi connectivity index (χ2v) is 8.86. The Kier molecular flexibility index (Phi) is 6.96. The number of rotatable bonds is 7. The SMILES string of the molecule is CC[C@@H](C(=O)Nc1ccc(C)c(C)c1)N(c1ccc(OC)c(Cl)c1)S(C)(=O)=O. The van der Waals surface area contributed by atoms with Crippen molar-refractivity contribution in [2.45, 2.75) is 33.2 Å². The molecule has 0 aromatic heterocycles. The highest BCUT2D eigenvalue weighted by Crippen LogP contribution is 2.32. The summed E-state index contributed by atoms with van der Waals surface area (Å²) in [5.41, 5.74) is 3.06. The number of benzene rings is 2. The van der Waals surface area contributed by atoms with Crippen molar-refractivity contribution in [3.8, 4) is 5.75 Å². The Morgan fingerprint density at radius 1 is 1.18 bits per heavy atom. The molecule has 0 saturated heterocycles. The van der Waals surface area contributed by atoms with Crippen LogP contribution >= 0.6 is 11.6 Å². The fourth-order valence-electron chi connectivity index (χ4n) is 2.90. The van der Waals surface area contributed by atoms with Crippen LogP contribution in [0, 0.1) is 13.8 Å². The molecular formula is C20H25ClN2O4S. The molecule has 0 aliphatic heterocycles. The number of aryl methyl sites for hydroxylation is 2. The van der Waals surface area contributed by atoms with Gasteiger partial charge in [0, 0.05) is 5.69 Å². The van der Waals surface area contributed by atoms with Crippen molar-refractivity contribution in [2.75, 3.05) is 23.0 Å². The number of hydrogen-bond acceptors (Lipinski definition) is 4. The molecule has 6 nitrogen and oxygen atoms in total. The van der Waals surface area contributed by atoms with E-state index in [4.69, 9.17) is 16.3 Å². The minimum Gasteiger partial charge on any atom is -0.495 e. The molecule has 1 N–H and O–H groups in total. The predicted molar refractivity (Wildman–Crippen MR) is 114 cm³/mol. The largest absolute Gasteiger partial charge is 0.495 e. The number of amides is 1. The van der Waals surface area contributed by atoms with Gasteiger partial charge >= 0.3 is 0 Å². The zero-order valence-electron chi connectivity index (χ0n) is 16.6. The van der Waals surface area contributed by atoms with Gasteiger partial charge in [0.05, 0.1) is 24.1 Å². The van der Waals surface area contributed by atoms with Crippen LogP contribution in [-0.4, -0.2) is 33.7 Å². The molecule has 1 amide bonds. The van der Waals surface area contributed by atoms with Gasteiger partial charge in [0.2, 0.25) is 15.9 Å². The van der Waals surface area contributed by atoms with E-state index in [1.54, 1.807) is 25.1 Å². The normalized spacial score (nSPS) is 12.4. The van der Waals surface area contributed by atoms with E-state index in [9.17, 15) is 13.2 Å². The van der Waals surface area contributed by atoms with Crippen molar-refractivity contribution >= 4 is 38.9 Å². The first-order valence-corrected chi connectivity index (χ1v) is 11.0. The maximum atomic E-state index is 12.9. The third-order valence-corrected chi connectivity index (χ3v) is 5.97. The Bertz CT molecular complexity index is 976. The molecule has 2 rings (SSSR count). The Labute approximate surface area is 171 Å². The predicted octanol–water partition coefficient (Wildman–Crippen LogP) is 4.15. The average molecular weight is 425 g/mol. The highest BCUT2D eigenvalue weighted by Gasteiger charge is 2.32. The zero-order chi connectivity index (χ0) is 21.1. The van der Waals surface area contributed by atoms with Crippen LogP contribution in [0.1, 0.15) is 24.5 Å². The molecule has 0 aliphatic rings. The number of nitrogens with one attached hydrogen (secondary N) is 1. The van der Waals surface area contributed by atoms with E-state index >= 15 is 0 Å². The zero-order valence-corrected chi connectivity index (χ0v) is 18.2. The van der Waals surface area contributed by atoms with Gasteiger partial charge in [0.15, 0.2) is 0 Å². The van der Waals surface area contributed by atoms with Crippen LogP contribution in [0.2, 0.25) is 5.02 Å².